The average Bonchev–Trinajstić information content (AvgIpc) is 2.86. The molecule has 0 unspecified atom stereocenters. The van der Waals surface area contributed by atoms with Crippen molar-refractivity contribution in [3.63, 3.8) is 0 Å². The number of carbonyl (C=O) groups excluding carboxylic acids is 1. The van der Waals surface area contributed by atoms with Gasteiger partial charge in [0.15, 0.2) is 0 Å². The molecule has 17 heavy (non-hydrogen) atoms. The number of rotatable bonds is 4. The molecule has 1 fully saturated rings. The monoisotopic (exact) mass is 247 g/mol. The Hall–Kier alpha value is -1.62. The van der Waals surface area contributed by atoms with Gasteiger partial charge in [0.1, 0.15) is 0 Å². The van der Waals surface area contributed by atoms with Crippen molar-refractivity contribution in [1.82, 2.24) is 15.1 Å². The van der Waals surface area contributed by atoms with E-state index < -0.39 is 0 Å². The summed E-state index contributed by atoms with van der Waals surface area (Å²) in [5.41, 5.74) is 0.647. The van der Waals surface area contributed by atoms with Gasteiger partial charge in [-0.1, -0.05) is 6.07 Å². The van der Waals surface area contributed by atoms with Crippen LogP contribution in [-0.4, -0.2) is 27.0 Å². The molecule has 2 aromatic heterocycles. The smallest absolute Gasteiger partial charge is 0.257 e. The summed E-state index contributed by atoms with van der Waals surface area (Å²) < 4.78 is 0. The zero-order valence-electron chi connectivity index (χ0n) is 9.30. The van der Waals surface area contributed by atoms with Crippen LogP contribution in [0.25, 0.3) is 0 Å². The highest BCUT2D eigenvalue weighted by Gasteiger charge is 2.33. The summed E-state index contributed by atoms with van der Waals surface area (Å²) in [7, 11) is 0. The second kappa shape index (κ2) is 4.33. The third-order valence-corrected chi connectivity index (χ3v) is 3.76. The summed E-state index contributed by atoms with van der Waals surface area (Å²) in [6.07, 6.45) is 5.49. The van der Waals surface area contributed by atoms with Crippen molar-refractivity contribution >= 4 is 17.2 Å². The Kier molecular flexibility index (Phi) is 2.68. The first-order valence-corrected chi connectivity index (χ1v) is 6.54. The molecule has 2 aromatic rings. The maximum atomic E-state index is 12.3. The molecule has 0 aliphatic heterocycles. The van der Waals surface area contributed by atoms with Crippen LogP contribution in [0.5, 0.6) is 0 Å². The molecule has 3 rings (SSSR count). The van der Waals surface area contributed by atoms with E-state index in [1.165, 1.54) is 4.88 Å². The summed E-state index contributed by atoms with van der Waals surface area (Å²) >= 11 is 1.69. The van der Waals surface area contributed by atoms with E-state index in [1.807, 2.05) is 16.3 Å². The fourth-order valence-corrected chi connectivity index (χ4v) is 2.56. The molecular formula is C12H13N3OS. The summed E-state index contributed by atoms with van der Waals surface area (Å²) in [5, 5.41) is 8.57. The maximum Gasteiger partial charge on any atom is 0.257 e. The number of hydrogen-bond donors (Lipinski definition) is 1. The first kappa shape index (κ1) is 10.5. The molecule has 0 atom stereocenters. The zero-order valence-corrected chi connectivity index (χ0v) is 10.1. The van der Waals surface area contributed by atoms with E-state index >= 15 is 0 Å². The number of hydrogen-bond acceptors (Lipinski definition) is 3. The van der Waals surface area contributed by atoms with E-state index in [1.54, 1.807) is 23.7 Å². The van der Waals surface area contributed by atoms with Gasteiger partial charge in [-0.15, -0.1) is 11.3 Å². The number of thiophene rings is 1. The Morgan fingerprint density at radius 1 is 1.59 bits per heavy atom. The topological polar surface area (TPSA) is 49.0 Å². The van der Waals surface area contributed by atoms with E-state index in [-0.39, 0.29) is 5.91 Å². The minimum absolute atomic E-state index is 0.0784. The van der Waals surface area contributed by atoms with Crippen LogP contribution in [0.15, 0.2) is 29.9 Å². The van der Waals surface area contributed by atoms with Crippen molar-refractivity contribution in [2.24, 2.45) is 0 Å². The van der Waals surface area contributed by atoms with Gasteiger partial charge in [-0.25, -0.2) is 0 Å². The van der Waals surface area contributed by atoms with Gasteiger partial charge in [0.2, 0.25) is 0 Å². The van der Waals surface area contributed by atoms with Gasteiger partial charge in [0.25, 0.3) is 5.91 Å². The molecule has 0 bridgehead atoms. The van der Waals surface area contributed by atoms with Gasteiger partial charge in [0, 0.05) is 17.1 Å². The Balaban J connectivity index is 1.78. The molecule has 0 saturated heterocycles. The summed E-state index contributed by atoms with van der Waals surface area (Å²) in [4.78, 5) is 15.5. The van der Waals surface area contributed by atoms with E-state index in [9.17, 15) is 4.79 Å². The summed E-state index contributed by atoms with van der Waals surface area (Å²) in [6, 6.07) is 4.51. The van der Waals surface area contributed by atoms with Gasteiger partial charge < -0.3 is 4.90 Å². The average molecular weight is 247 g/mol. The summed E-state index contributed by atoms with van der Waals surface area (Å²) in [5.74, 6) is 0.0784. The van der Waals surface area contributed by atoms with Crippen LogP contribution in [0, 0.1) is 0 Å². The predicted molar refractivity (Wildman–Crippen MR) is 65.8 cm³/mol. The Morgan fingerprint density at radius 2 is 2.47 bits per heavy atom. The van der Waals surface area contributed by atoms with Crippen LogP contribution < -0.4 is 0 Å². The van der Waals surface area contributed by atoms with Crippen LogP contribution in [0.2, 0.25) is 0 Å². The quantitative estimate of drug-likeness (QED) is 0.901. The molecule has 1 N–H and O–H groups in total. The SMILES string of the molecule is O=C(c1cn[nH]c1)N(Cc1cccs1)C1CC1. The fourth-order valence-electron chi connectivity index (χ4n) is 1.86. The molecule has 0 radical (unpaired) electrons. The predicted octanol–water partition coefficient (Wildman–Crippen LogP) is 2.28. The minimum Gasteiger partial charge on any atom is -0.330 e. The third kappa shape index (κ3) is 2.24. The van der Waals surface area contributed by atoms with Gasteiger partial charge in [0.05, 0.1) is 18.3 Å². The Morgan fingerprint density at radius 3 is 3.06 bits per heavy atom. The van der Waals surface area contributed by atoms with Gasteiger partial charge >= 0.3 is 0 Å². The van der Waals surface area contributed by atoms with Crippen LogP contribution >= 0.6 is 11.3 Å². The molecule has 1 aliphatic rings. The molecule has 1 saturated carbocycles. The molecule has 1 aliphatic carbocycles. The van der Waals surface area contributed by atoms with Crippen LogP contribution in [0.4, 0.5) is 0 Å². The summed E-state index contributed by atoms with van der Waals surface area (Å²) in [6.45, 7) is 0.715. The lowest BCUT2D eigenvalue weighted by Gasteiger charge is -2.20. The number of nitrogens with zero attached hydrogens (tertiary/aromatic N) is 2. The van der Waals surface area contributed by atoms with Gasteiger partial charge in [-0.2, -0.15) is 5.10 Å². The molecule has 88 valence electrons. The molecular weight excluding hydrogens is 234 g/mol. The first-order valence-electron chi connectivity index (χ1n) is 5.67. The van der Waals surface area contributed by atoms with Crippen molar-refractivity contribution in [2.45, 2.75) is 25.4 Å². The van der Waals surface area contributed by atoms with Crippen molar-refractivity contribution in [3.05, 3.63) is 40.3 Å². The highest BCUT2D eigenvalue weighted by molar-refractivity contribution is 7.09. The zero-order chi connectivity index (χ0) is 11.7. The second-order valence-electron chi connectivity index (χ2n) is 4.23. The van der Waals surface area contributed by atoms with E-state index in [4.69, 9.17) is 0 Å². The highest BCUT2D eigenvalue weighted by atomic mass is 32.1. The largest absolute Gasteiger partial charge is 0.330 e. The highest BCUT2D eigenvalue weighted by Crippen LogP contribution is 2.30. The second-order valence-corrected chi connectivity index (χ2v) is 5.26. The minimum atomic E-state index is 0.0784. The Labute approximate surface area is 103 Å². The van der Waals surface area contributed by atoms with Crippen LogP contribution in [-0.2, 0) is 6.54 Å². The number of nitrogens with one attached hydrogen (secondary N) is 1. The van der Waals surface area contributed by atoms with Crippen molar-refractivity contribution in [3.8, 4) is 0 Å². The molecule has 0 spiro atoms. The third-order valence-electron chi connectivity index (χ3n) is 2.90. The van der Waals surface area contributed by atoms with Crippen LogP contribution in [0.1, 0.15) is 28.1 Å². The lowest BCUT2D eigenvalue weighted by atomic mass is 10.3. The lowest BCUT2D eigenvalue weighted by Crippen LogP contribution is -2.32. The van der Waals surface area contributed by atoms with Gasteiger partial charge in [-0.3, -0.25) is 9.89 Å². The normalized spacial score (nSPS) is 14.8. The first-order chi connectivity index (χ1) is 8.34. The number of aromatic nitrogens is 2. The number of amides is 1. The fraction of sp³-hybridized carbons (Fsp3) is 0.333. The van der Waals surface area contributed by atoms with E-state index in [0.717, 1.165) is 12.8 Å². The van der Waals surface area contributed by atoms with Crippen LogP contribution in [0.3, 0.4) is 0 Å². The number of H-pyrrole nitrogens is 1. The van der Waals surface area contributed by atoms with Crippen molar-refractivity contribution in [2.75, 3.05) is 0 Å². The maximum absolute atomic E-state index is 12.3. The number of carbonyl (C=O) groups is 1. The molecule has 4 nitrogen and oxygen atoms in total. The standard InChI is InChI=1S/C12H13N3OS/c16-12(9-6-13-14-7-9)15(10-3-4-10)8-11-2-1-5-17-11/h1-2,5-7,10H,3-4,8H2,(H,13,14). The molecule has 2 heterocycles. The lowest BCUT2D eigenvalue weighted by molar-refractivity contribution is 0.0732. The molecule has 5 heteroatoms. The van der Waals surface area contributed by atoms with Crippen molar-refractivity contribution in [1.29, 1.82) is 0 Å². The van der Waals surface area contributed by atoms with E-state index in [2.05, 4.69) is 16.3 Å². The van der Waals surface area contributed by atoms with Gasteiger partial charge in [-0.05, 0) is 24.3 Å². The van der Waals surface area contributed by atoms with E-state index in [0.29, 0.717) is 18.2 Å². The Bertz CT molecular complexity index is 488. The van der Waals surface area contributed by atoms with Crippen molar-refractivity contribution < 1.29 is 4.79 Å². The molecule has 1 amide bonds. The number of aromatic amines is 1. The molecule has 0 aromatic carbocycles.